The molecular formula is C14H18FN3O3. The Bertz CT molecular complexity index is 564. The molecule has 1 aromatic carbocycles. The third-order valence-corrected chi connectivity index (χ3v) is 3.95. The molecule has 2 rings (SSSR count). The molecule has 1 saturated heterocycles. The van der Waals surface area contributed by atoms with Crippen molar-refractivity contribution < 1.29 is 14.1 Å². The topological polar surface area (TPSA) is 75.5 Å². The van der Waals surface area contributed by atoms with E-state index >= 15 is 0 Å². The average molecular weight is 295 g/mol. The maximum absolute atomic E-state index is 13.3. The Hall–Kier alpha value is -2.02. The van der Waals surface area contributed by atoms with E-state index in [1.807, 2.05) is 7.05 Å². The van der Waals surface area contributed by atoms with Gasteiger partial charge in [0.15, 0.2) is 0 Å². The quantitative estimate of drug-likeness (QED) is 0.683. The van der Waals surface area contributed by atoms with Crippen molar-refractivity contribution in [3.05, 3.63) is 39.7 Å². The molecule has 1 aliphatic heterocycles. The molecule has 2 unspecified atom stereocenters. The fraction of sp³-hybridized carbons (Fsp3) is 0.500. The fourth-order valence-corrected chi connectivity index (χ4v) is 2.48. The average Bonchev–Trinajstić information content (AvgIpc) is 2.43. The van der Waals surface area contributed by atoms with Gasteiger partial charge in [0.1, 0.15) is 0 Å². The summed E-state index contributed by atoms with van der Waals surface area (Å²) < 4.78 is 13.3. The zero-order valence-corrected chi connectivity index (χ0v) is 12.0. The normalized spacial score (nSPS) is 22.8. The largest absolute Gasteiger partial charge is 0.349 e. The van der Waals surface area contributed by atoms with E-state index in [-0.39, 0.29) is 11.6 Å². The van der Waals surface area contributed by atoms with Gasteiger partial charge in [-0.15, -0.1) is 0 Å². The van der Waals surface area contributed by atoms with Gasteiger partial charge in [0.2, 0.25) is 5.82 Å². The number of nitrogens with zero attached hydrogens (tertiary/aromatic N) is 2. The van der Waals surface area contributed by atoms with Gasteiger partial charge in [0.05, 0.1) is 4.92 Å². The van der Waals surface area contributed by atoms with E-state index < -0.39 is 22.3 Å². The summed E-state index contributed by atoms with van der Waals surface area (Å²) in [5, 5.41) is 13.6. The van der Waals surface area contributed by atoms with Gasteiger partial charge >= 0.3 is 5.69 Å². The van der Waals surface area contributed by atoms with Crippen LogP contribution in [-0.4, -0.2) is 41.4 Å². The second-order valence-electron chi connectivity index (χ2n) is 5.45. The molecule has 1 aromatic rings. The molecule has 0 saturated carbocycles. The van der Waals surface area contributed by atoms with Crippen molar-refractivity contribution in [1.82, 2.24) is 10.2 Å². The maximum atomic E-state index is 13.3. The van der Waals surface area contributed by atoms with Crippen molar-refractivity contribution >= 4 is 11.6 Å². The van der Waals surface area contributed by atoms with E-state index in [4.69, 9.17) is 0 Å². The number of halogens is 1. The highest BCUT2D eigenvalue weighted by atomic mass is 19.1. The predicted molar refractivity (Wildman–Crippen MR) is 75.6 cm³/mol. The highest BCUT2D eigenvalue weighted by Gasteiger charge is 2.25. The number of piperidine rings is 1. The van der Waals surface area contributed by atoms with Crippen LogP contribution in [0.25, 0.3) is 0 Å². The monoisotopic (exact) mass is 295 g/mol. The third kappa shape index (κ3) is 3.55. The summed E-state index contributed by atoms with van der Waals surface area (Å²) in [5.41, 5.74) is -0.575. The lowest BCUT2D eigenvalue weighted by molar-refractivity contribution is -0.387. The second-order valence-corrected chi connectivity index (χ2v) is 5.45. The van der Waals surface area contributed by atoms with E-state index in [1.165, 1.54) is 6.07 Å². The Morgan fingerprint density at radius 3 is 2.86 bits per heavy atom. The number of amides is 1. The van der Waals surface area contributed by atoms with Crippen molar-refractivity contribution in [1.29, 1.82) is 0 Å². The van der Waals surface area contributed by atoms with E-state index in [0.29, 0.717) is 6.04 Å². The summed E-state index contributed by atoms with van der Waals surface area (Å²) in [6.07, 6.45) is 1.65. The maximum Gasteiger partial charge on any atom is 0.305 e. The fourth-order valence-electron chi connectivity index (χ4n) is 2.48. The molecule has 0 bridgehead atoms. The molecule has 2 atom stereocenters. The zero-order valence-electron chi connectivity index (χ0n) is 12.0. The van der Waals surface area contributed by atoms with Gasteiger partial charge in [0, 0.05) is 30.3 Å². The van der Waals surface area contributed by atoms with Gasteiger partial charge in [-0.25, -0.2) is 0 Å². The number of rotatable bonds is 3. The van der Waals surface area contributed by atoms with Gasteiger partial charge in [0.25, 0.3) is 5.91 Å². The summed E-state index contributed by atoms with van der Waals surface area (Å²) in [6.45, 7) is 2.97. The number of nitrogens with one attached hydrogen (secondary N) is 1. The van der Waals surface area contributed by atoms with E-state index in [0.717, 1.165) is 31.5 Å². The lowest BCUT2D eigenvalue weighted by Crippen LogP contribution is -2.47. The highest BCUT2D eigenvalue weighted by molar-refractivity contribution is 5.95. The van der Waals surface area contributed by atoms with Crippen LogP contribution in [0, 0.1) is 15.9 Å². The number of hydrogen-bond acceptors (Lipinski definition) is 4. The van der Waals surface area contributed by atoms with Crippen LogP contribution in [-0.2, 0) is 0 Å². The molecule has 7 heteroatoms. The predicted octanol–water partition coefficient (Wildman–Crippen LogP) is 1.95. The van der Waals surface area contributed by atoms with Crippen LogP contribution in [0.1, 0.15) is 30.1 Å². The van der Waals surface area contributed by atoms with Crippen LogP contribution < -0.4 is 5.32 Å². The minimum Gasteiger partial charge on any atom is -0.349 e. The Kier molecular flexibility index (Phi) is 4.52. The lowest BCUT2D eigenvalue weighted by atomic mass is 9.98. The molecule has 21 heavy (non-hydrogen) atoms. The third-order valence-electron chi connectivity index (χ3n) is 3.95. The van der Waals surface area contributed by atoms with Gasteiger partial charge in [-0.2, -0.15) is 4.39 Å². The first-order valence-corrected chi connectivity index (χ1v) is 6.83. The Morgan fingerprint density at radius 2 is 2.24 bits per heavy atom. The minimum atomic E-state index is -0.940. The first-order chi connectivity index (χ1) is 9.88. The molecule has 0 aromatic heterocycles. The van der Waals surface area contributed by atoms with E-state index in [9.17, 15) is 19.3 Å². The Balaban J connectivity index is 2.07. The van der Waals surface area contributed by atoms with E-state index in [2.05, 4.69) is 17.1 Å². The highest BCUT2D eigenvalue weighted by Crippen LogP contribution is 2.20. The first kappa shape index (κ1) is 15.4. The molecule has 0 aliphatic carbocycles. The van der Waals surface area contributed by atoms with Crippen molar-refractivity contribution in [2.45, 2.75) is 31.8 Å². The standard InChI is InChI=1S/C14H18FN3O3/c1-9-7-11(5-6-17(9)2)16-14(19)10-3-4-12(15)13(8-10)18(20)21/h3-4,8-9,11H,5-7H2,1-2H3,(H,16,19). The van der Waals surface area contributed by atoms with Crippen molar-refractivity contribution in [3.8, 4) is 0 Å². The molecule has 1 fully saturated rings. The van der Waals surface area contributed by atoms with Crippen molar-refractivity contribution in [2.75, 3.05) is 13.6 Å². The molecule has 114 valence electrons. The number of likely N-dealkylation sites (tertiary alicyclic amines) is 1. The van der Waals surface area contributed by atoms with Gasteiger partial charge in [-0.3, -0.25) is 14.9 Å². The number of benzene rings is 1. The summed E-state index contributed by atoms with van der Waals surface area (Å²) in [5.74, 6) is -1.34. The second kappa shape index (κ2) is 6.17. The van der Waals surface area contributed by atoms with Gasteiger partial charge < -0.3 is 10.2 Å². The van der Waals surface area contributed by atoms with Crippen LogP contribution in [0.15, 0.2) is 18.2 Å². The number of nitro groups is 1. The number of hydrogen-bond donors (Lipinski definition) is 1. The molecule has 0 spiro atoms. The zero-order chi connectivity index (χ0) is 15.6. The molecule has 1 amide bonds. The van der Waals surface area contributed by atoms with Gasteiger partial charge in [-0.1, -0.05) is 0 Å². The molecule has 0 radical (unpaired) electrons. The molecule has 1 N–H and O–H groups in total. The SMILES string of the molecule is CC1CC(NC(=O)c2ccc(F)c([N+](=O)[O-])c2)CCN1C. The Labute approximate surface area is 122 Å². The molecule has 1 aliphatic rings. The summed E-state index contributed by atoms with van der Waals surface area (Å²) in [6, 6.07) is 3.59. The number of carbonyl (C=O) groups excluding carboxylic acids is 1. The minimum absolute atomic E-state index is 0.0350. The first-order valence-electron chi connectivity index (χ1n) is 6.83. The van der Waals surface area contributed by atoms with Gasteiger partial charge in [-0.05, 0) is 38.9 Å². The van der Waals surface area contributed by atoms with Crippen LogP contribution in [0.3, 0.4) is 0 Å². The summed E-state index contributed by atoms with van der Waals surface area (Å²) in [7, 11) is 2.03. The van der Waals surface area contributed by atoms with Crippen LogP contribution in [0.2, 0.25) is 0 Å². The van der Waals surface area contributed by atoms with E-state index in [1.54, 1.807) is 0 Å². The van der Waals surface area contributed by atoms with Crippen LogP contribution >= 0.6 is 0 Å². The molecular weight excluding hydrogens is 277 g/mol. The smallest absolute Gasteiger partial charge is 0.305 e. The number of carbonyl (C=O) groups is 1. The molecule has 1 heterocycles. The van der Waals surface area contributed by atoms with Crippen molar-refractivity contribution in [3.63, 3.8) is 0 Å². The number of nitro benzene ring substituents is 1. The Morgan fingerprint density at radius 1 is 1.52 bits per heavy atom. The summed E-state index contributed by atoms with van der Waals surface area (Å²) >= 11 is 0. The lowest BCUT2D eigenvalue weighted by Gasteiger charge is -2.35. The summed E-state index contributed by atoms with van der Waals surface area (Å²) in [4.78, 5) is 24.2. The molecule has 6 nitrogen and oxygen atoms in total. The van der Waals surface area contributed by atoms with Crippen molar-refractivity contribution in [2.24, 2.45) is 0 Å². The van der Waals surface area contributed by atoms with Crippen LogP contribution in [0.5, 0.6) is 0 Å². The van der Waals surface area contributed by atoms with Crippen LogP contribution in [0.4, 0.5) is 10.1 Å².